The third-order valence-corrected chi connectivity index (χ3v) is 6.84. The molecule has 0 atom stereocenters. The van der Waals surface area contributed by atoms with Crippen molar-refractivity contribution in [1.29, 1.82) is 0 Å². The topological polar surface area (TPSA) is 43.4 Å². The third kappa shape index (κ3) is 16.6. The van der Waals surface area contributed by atoms with Gasteiger partial charge in [0.2, 0.25) is 0 Å². The largest absolute Gasteiger partial charge is 0.316 e. The van der Waals surface area contributed by atoms with E-state index < -0.39 is 10.1 Å². The number of rotatable bonds is 20. The molecule has 172 valence electrons. The van der Waals surface area contributed by atoms with E-state index in [1.807, 2.05) is 0 Å². The van der Waals surface area contributed by atoms with Crippen molar-refractivity contribution in [2.45, 2.75) is 121 Å². The van der Waals surface area contributed by atoms with Crippen LogP contribution in [0.25, 0.3) is 0 Å². The summed E-state index contributed by atoms with van der Waals surface area (Å²) in [5.74, 6) is 0. The normalized spacial score (nSPS) is 11.4. The van der Waals surface area contributed by atoms with Crippen molar-refractivity contribution in [3.63, 3.8) is 0 Å². The monoisotopic (exact) mass is 450 g/mol. The minimum Gasteiger partial charge on any atom is -0.266 e. The number of hydrogen-bond donors (Lipinski definition) is 0. The first kappa shape index (κ1) is 29.9. The maximum absolute atomic E-state index is 12.0. The Hall–Kier alpha value is -0.104. The van der Waals surface area contributed by atoms with Gasteiger partial charge in [-0.05, 0) is 18.6 Å². The maximum atomic E-state index is 12.0. The lowest BCUT2D eigenvalue weighted by Crippen LogP contribution is -2.07. The highest BCUT2D eigenvalue weighted by Crippen LogP contribution is 2.15. The molecule has 0 heterocycles. The van der Waals surface area contributed by atoms with E-state index in [-0.39, 0.29) is 34.6 Å². The zero-order valence-electron chi connectivity index (χ0n) is 18.7. The zero-order chi connectivity index (χ0) is 21.0. The van der Waals surface area contributed by atoms with Crippen molar-refractivity contribution in [2.24, 2.45) is 0 Å². The Morgan fingerprint density at radius 3 is 1.37 bits per heavy atom. The lowest BCUT2D eigenvalue weighted by Gasteiger charge is -2.06. The molecule has 1 aromatic rings. The van der Waals surface area contributed by atoms with Crippen LogP contribution in [0.5, 0.6) is 0 Å². The van der Waals surface area contributed by atoms with Gasteiger partial charge in [-0.15, -0.1) is 0 Å². The Labute approximate surface area is 203 Å². The summed E-state index contributed by atoms with van der Waals surface area (Å²) in [6.45, 7) is 2.56. The molecule has 0 radical (unpaired) electrons. The molecule has 30 heavy (non-hydrogen) atoms. The molecule has 0 saturated carbocycles. The molecule has 0 fully saturated rings. The quantitative estimate of drug-likeness (QED) is 0.120. The second kappa shape index (κ2) is 20.8. The first-order chi connectivity index (χ1) is 14.2. The van der Waals surface area contributed by atoms with Gasteiger partial charge in [-0.1, -0.05) is 128 Å². The fourth-order valence-corrected chi connectivity index (χ4v) is 4.61. The Kier molecular flexibility index (Phi) is 20.7. The molecule has 1 aromatic carbocycles. The van der Waals surface area contributed by atoms with Crippen LogP contribution in [0.3, 0.4) is 0 Å². The summed E-state index contributed by atoms with van der Waals surface area (Å²) < 4.78 is 29.1. The molecule has 0 aliphatic carbocycles. The van der Waals surface area contributed by atoms with Crippen LogP contribution in [0, 0.1) is 0 Å². The molecule has 0 aliphatic rings. The Morgan fingerprint density at radius 2 is 0.967 bits per heavy atom. The van der Waals surface area contributed by atoms with Crippen molar-refractivity contribution in [3.8, 4) is 0 Å². The number of benzene rings is 1. The first-order valence-electron chi connectivity index (χ1n) is 12.1. The van der Waals surface area contributed by atoms with Gasteiger partial charge in [0.05, 0.1) is 11.5 Å². The van der Waals surface area contributed by atoms with E-state index in [1.54, 1.807) is 30.3 Å². The fraction of sp³-hybridized carbons (Fsp3) is 0.760. The van der Waals surface area contributed by atoms with E-state index in [2.05, 4.69) is 6.92 Å². The Balaban J connectivity index is 0.00000841. The minimum atomic E-state index is -3.58. The van der Waals surface area contributed by atoms with Crippen LogP contribution in [0.4, 0.5) is 0 Å². The third-order valence-electron chi connectivity index (χ3n) is 5.52. The van der Waals surface area contributed by atoms with Crippen LogP contribution in [-0.2, 0) is 14.3 Å². The molecule has 0 aromatic heterocycles. The van der Waals surface area contributed by atoms with E-state index in [9.17, 15) is 8.42 Å². The van der Waals surface area contributed by atoms with E-state index in [1.165, 1.54) is 96.3 Å². The predicted molar refractivity (Wildman–Crippen MR) is 132 cm³/mol. The predicted octanol–water partition coefficient (Wildman–Crippen LogP) is 7.13. The van der Waals surface area contributed by atoms with Gasteiger partial charge in [0.25, 0.3) is 10.1 Å². The SMILES string of the molecule is CCCCCCCCCCCCCCCCCCCOS(=O)(=O)c1ccccc1.[MgH2]. The zero-order valence-corrected chi connectivity index (χ0v) is 19.6. The summed E-state index contributed by atoms with van der Waals surface area (Å²) in [6, 6.07) is 8.38. The smallest absolute Gasteiger partial charge is 0.266 e. The molecule has 0 aliphatic heterocycles. The standard InChI is InChI=1S/C25H44O3S.Mg.2H/c1-2-3-4-5-6-7-8-9-10-11-12-13-14-15-16-17-21-24-28-29(26,27)25-22-19-18-20-23-25;;;/h18-20,22-23H,2-17,21,24H2,1H3;;;. The van der Waals surface area contributed by atoms with Gasteiger partial charge in [-0.2, -0.15) is 8.42 Å². The van der Waals surface area contributed by atoms with Crippen LogP contribution in [0.2, 0.25) is 0 Å². The van der Waals surface area contributed by atoms with Crippen molar-refractivity contribution < 1.29 is 12.6 Å². The molecular formula is C25H46MgO3S. The van der Waals surface area contributed by atoms with Crippen LogP contribution >= 0.6 is 0 Å². The van der Waals surface area contributed by atoms with Gasteiger partial charge in [-0.3, -0.25) is 4.18 Å². The first-order valence-corrected chi connectivity index (χ1v) is 13.5. The van der Waals surface area contributed by atoms with E-state index in [0.717, 1.165) is 12.8 Å². The van der Waals surface area contributed by atoms with E-state index in [4.69, 9.17) is 4.18 Å². The van der Waals surface area contributed by atoms with Gasteiger partial charge in [0, 0.05) is 0 Å². The summed E-state index contributed by atoms with van der Waals surface area (Å²) in [5.41, 5.74) is 0. The summed E-state index contributed by atoms with van der Waals surface area (Å²) in [5, 5.41) is 0. The number of unbranched alkanes of at least 4 members (excludes halogenated alkanes) is 16. The Morgan fingerprint density at radius 1 is 0.600 bits per heavy atom. The molecule has 0 spiro atoms. The van der Waals surface area contributed by atoms with Gasteiger partial charge in [-0.25, -0.2) is 0 Å². The maximum Gasteiger partial charge on any atom is 0.316 e. The highest BCUT2D eigenvalue weighted by Gasteiger charge is 2.13. The molecule has 0 amide bonds. The molecule has 5 heteroatoms. The summed E-state index contributed by atoms with van der Waals surface area (Å²) in [6.07, 6.45) is 22.4. The summed E-state index contributed by atoms with van der Waals surface area (Å²) in [4.78, 5) is 0.243. The van der Waals surface area contributed by atoms with Gasteiger partial charge >= 0.3 is 23.1 Å². The molecule has 0 unspecified atom stereocenters. The van der Waals surface area contributed by atoms with Crippen molar-refractivity contribution in [1.82, 2.24) is 0 Å². The fourth-order valence-electron chi connectivity index (χ4n) is 3.65. The highest BCUT2D eigenvalue weighted by atomic mass is 32.2. The van der Waals surface area contributed by atoms with Crippen LogP contribution < -0.4 is 0 Å². The van der Waals surface area contributed by atoms with E-state index >= 15 is 0 Å². The molecular weight excluding hydrogens is 405 g/mol. The second-order valence-corrected chi connectivity index (χ2v) is 9.86. The molecule has 1 rings (SSSR count). The van der Waals surface area contributed by atoms with Crippen molar-refractivity contribution in [3.05, 3.63) is 30.3 Å². The van der Waals surface area contributed by atoms with Gasteiger partial charge < -0.3 is 0 Å². The van der Waals surface area contributed by atoms with Crippen molar-refractivity contribution in [2.75, 3.05) is 6.61 Å². The van der Waals surface area contributed by atoms with Gasteiger partial charge in [0.15, 0.2) is 0 Å². The average Bonchev–Trinajstić information content (AvgIpc) is 2.73. The Bertz CT molecular complexity index is 575. The van der Waals surface area contributed by atoms with Crippen LogP contribution in [-0.4, -0.2) is 38.1 Å². The second-order valence-electron chi connectivity index (χ2n) is 8.25. The molecule has 0 N–H and O–H groups in total. The summed E-state index contributed by atoms with van der Waals surface area (Å²) in [7, 11) is -3.58. The van der Waals surface area contributed by atoms with E-state index in [0.29, 0.717) is 0 Å². The summed E-state index contributed by atoms with van der Waals surface area (Å²) >= 11 is 0. The number of hydrogen-bond acceptors (Lipinski definition) is 3. The molecule has 0 saturated heterocycles. The highest BCUT2D eigenvalue weighted by molar-refractivity contribution is 7.86. The van der Waals surface area contributed by atoms with Crippen LogP contribution in [0.1, 0.15) is 116 Å². The lowest BCUT2D eigenvalue weighted by molar-refractivity contribution is 0.306. The lowest BCUT2D eigenvalue weighted by atomic mass is 10.0. The minimum absolute atomic E-state index is 0. The van der Waals surface area contributed by atoms with Crippen molar-refractivity contribution >= 4 is 33.2 Å². The molecule has 0 bridgehead atoms. The average molecular weight is 451 g/mol. The van der Waals surface area contributed by atoms with Gasteiger partial charge in [0.1, 0.15) is 0 Å². The van der Waals surface area contributed by atoms with Crippen LogP contribution in [0.15, 0.2) is 35.2 Å². The molecule has 3 nitrogen and oxygen atoms in total.